The summed E-state index contributed by atoms with van der Waals surface area (Å²) in [5.74, 6) is -2.36. The van der Waals surface area contributed by atoms with Crippen LogP contribution in [0.5, 0.6) is 0 Å². The fourth-order valence-electron chi connectivity index (χ4n) is 7.49. The van der Waals surface area contributed by atoms with Gasteiger partial charge in [-0.1, -0.05) is 0 Å². The highest BCUT2D eigenvalue weighted by Gasteiger charge is 2.52. The molecule has 68 heavy (non-hydrogen) atoms. The van der Waals surface area contributed by atoms with Crippen molar-refractivity contribution in [1.29, 1.82) is 0 Å². The fourth-order valence-corrected chi connectivity index (χ4v) is 7.49. The van der Waals surface area contributed by atoms with Crippen LogP contribution in [0.25, 0.3) is 0 Å². The molecule has 0 spiro atoms. The van der Waals surface area contributed by atoms with Gasteiger partial charge in [-0.25, -0.2) is 0 Å². The zero-order valence-corrected chi connectivity index (χ0v) is 37.4. The predicted octanol–water partition coefficient (Wildman–Crippen LogP) is -10.3. The quantitative estimate of drug-likeness (QED) is 0.0399. The second-order valence-electron chi connectivity index (χ2n) is 16.6. The molecule has 0 bridgehead atoms. The smallest absolute Gasteiger partial charge is 0.239 e. The Bertz CT molecular complexity index is 1570. The maximum atomic E-state index is 13.2. The van der Waals surface area contributed by atoms with E-state index >= 15 is 0 Å². The number of carbonyl (C=O) groups excluding carboxylic acids is 4. The second kappa shape index (κ2) is 27.6. The Morgan fingerprint density at radius 1 is 0.515 bits per heavy atom. The topological polar surface area (TPSA) is 444 Å². The average Bonchev–Trinajstić information content (AvgIpc) is 3.32. The molecule has 16 N–H and O–H groups in total. The van der Waals surface area contributed by atoms with E-state index in [-0.39, 0.29) is 44.9 Å². The van der Waals surface area contributed by atoms with Gasteiger partial charge < -0.3 is 125 Å². The number of amides is 4. The number of aliphatic hydroxyl groups excluding tert-OH is 13. The Morgan fingerprint density at radius 3 is 1.50 bits per heavy atom. The van der Waals surface area contributed by atoms with E-state index < -0.39 is 180 Å². The number of hydrogen-bond donors (Lipinski definition) is 16. The molecular formula is C39H68N4O25. The zero-order chi connectivity index (χ0) is 50.4. The summed E-state index contributed by atoms with van der Waals surface area (Å²) in [7, 11) is 1.46. The maximum absolute atomic E-state index is 13.2. The lowest BCUT2D eigenvalue weighted by atomic mass is 9.96. The van der Waals surface area contributed by atoms with Crippen molar-refractivity contribution in [3.63, 3.8) is 0 Å². The van der Waals surface area contributed by atoms with Gasteiger partial charge in [0.05, 0.1) is 39.1 Å². The van der Waals surface area contributed by atoms with Crippen molar-refractivity contribution in [2.75, 3.05) is 66.3 Å². The van der Waals surface area contributed by atoms with Crippen molar-refractivity contribution in [1.82, 2.24) is 20.9 Å². The summed E-state index contributed by atoms with van der Waals surface area (Å²) < 4.78 is 44.0. The van der Waals surface area contributed by atoms with E-state index in [4.69, 9.17) is 37.9 Å². The third kappa shape index (κ3) is 15.5. The molecule has 20 atom stereocenters. The van der Waals surface area contributed by atoms with Crippen LogP contribution in [0.15, 0.2) is 0 Å². The van der Waals surface area contributed by atoms with Gasteiger partial charge in [0.2, 0.25) is 23.6 Å². The van der Waals surface area contributed by atoms with Gasteiger partial charge in [0.1, 0.15) is 105 Å². The lowest BCUT2D eigenvalue weighted by Gasteiger charge is -2.46. The molecule has 4 amide bonds. The van der Waals surface area contributed by atoms with Crippen molar-refractivity contribution in [2.45, 2.75) is 155 Å². The second-order valence-corrected chi connectivity index (χ2v) is 16.6. The molecule has 0 unspecified atom stereocenters. The van der Waals surface area contributed by atoms with Gasteiger partial charge in [-0.05, 0) is 19.8 Å². The Labute approximate surface area is 389 Å². The molecule has 4 saturated heterocycles. The van der Waals surface area contributed by atoms with Crippen LogP contribution in [-0.4, -0.2) is 284 Å². The molecule has 4 rings (SSSR count). The van der Waals surface area contributed by atoms with Crippen molar-refractivity contribution < 1.29 is 123 Å². The number of aliphatic hydroxyl groups is 13. The largest absolute Gasteiger partial charge is 0.394 e. The van der Waals surface area contributed by atoms with Crippen LogP contribution in [0.1, 0.15) is 32.6 Å². The maximum Gasteiger partial charge on any atom is 0.239 e. The van der Waals surface area contributed by atoms with Crippen LogP contribution in [0.4, 0.5) is 0 Å². The molecular weight excluding hydrogens is 924 g/mol. The SMILES string of the molecule is CNC(=O)CCCCC(=O)N(CC(=O)NCCO[C@@H]1O[C@@H](C)[C@@H](O)[C@@H](O)[C@@H]1O)CC(=O)NCCO[C@H]1O[C@H](CO[C@H]2O[C@H](CO)[C@@H](O)[C@H](O)[C@@H]2O)[C@@H](O)[C@H](O[C@H]2O[C@H](CO)[C@@H](O)[C@H](O)[C@@H]2O)[C@@H]1O. The van der Waals surface area contributed by atoms with Gasteiger partial charge >= 0.3 is 0 Å². The highest BCUT2D eigenvalue weighted by molar-refractivity contribution is 5.89. The van der Waals surface area contributed by atoms with E-state index in [9.17, 15) is 85.6 Å². The van der Waals surface area contributed by atoms with Crippen LogP contribution in [0.3, 0.4) is 0 Å². The van der Waals surface area contributed by atoms with E-state index in [0.717, 1.165) is 4.90 Å². The summed E-state index contributed by atoms with van der Waals surface area (Å²) in [6.45, 7) is -3.27. The number of carbonyl (C=O) groups is 4. The van der Waals surface area contributed by atoms with Gasteiger partial charge in [0.15, 0.2) is 25.2 Å². The number of ether oxygens (including phenoxy) is 8. The third-order valence-corrected chi connectivity index (χ3v) is 11.6. The van der Waals surface area contributed by atoms with Crippen LogP contribution in [0, 0.1) is 0 Å². The molecule has 0 aromatic rings. The molecule has 29 heteroatoms. The molecule has 4 aliphatic heterocycles. The van der Waals surface area contributed by atoms with Gasteiger partial charge in [-0.3, -0.25) is 19.2 Å². The van der Waals surface area contributed by atoms with Crippen molar-refractivity contribution in [2.24, 2.45) is 0 Å². The molecule has 0 aromatic carbocycles. The average molecular weight is 993 g/mol. The van der Waals surface area contributed by atoms with Gasteiger partial charge in [0, 0.05) is 33.0 Å². The summed E-state index contributed by atoms with van der Waals surface area (Å²) in [5, 5.41) is 141. The number of hydrogen-bond acceptors (Lipinski definition) is 25. The Morgan fingerprint density at radius 2 is 0.971 bits per heavy atom. The Kier molecular flexibility index (Phi) is 23.4. The van der Waals surface area contributed by atoms with E-state index in [1.165, 1.54) is 14.0 Å². The number of nitrogens with zero attached hydrogens (tertiary/aromatic N) is 1. The first kappa shape index (κ1) is 57.6. The summed E-state index contributed by atoms with van der Waals surface area (Å²) in [6.07, 6.45) is -32.5. The number of rotatable bonds is 24. The molecule has 4 heterocycles. The zero-order valence-electron chi connectivity index (χ0n) is 37.4. The minimum absolute atomic E-state index is 0.129. The van der Waals surface area contributed by atoms with Gasteiger partial charge in [-0.15, -0.1) is 0 Å². The molecule has 394 valence electrons. The Balaban J connectivity index is 1.37. The first-order valence-corrected chi connectivity index (χ1v) is 22.1. The molecule has 29 nitrogen and oxygen atoms in total. The van der Waals surface area contributed by atoms with E-state index in [2.05, 4.69) is 16.0 Å². The van der Waals surface area contributed by atoms with Crippen LogP contribution in [0.2, 0.25) is 0 Å². The highest BCUT2D eigenvalue weighted by atomic mass is 16.8. The van der Waals surface area contributed by atoms with Crippen LogP contribution < -0.4 is 16.0 Å². The van der Waals surface area contributed by atoms with Crippen molar-refractivity contribution in [3.8, 4) is 0 Å². The minimum atomic E-state index is -1.98. The third-order valence-electron chi connectivity index (χ3n) is 11.6. The first-order chi connectivity index (χ1) is 32.2. The standard InChI is InChI=1S/C39H68N4O25/c1-16-24(50)28(54)31(57)36(64-16)61-9-7-41-21(47)11-43(23(49)6-4-3-5-20(46)40-2)12-22(48)42-8-10-62-38-34(60)35(68-39-33(59)30(56)26(52)18(14-45)66-39)27(53)19(67-38)15-63-37-32(58)29(55)25(51)17(13-44)65-37/h16-19,24-39,44-45,50-60H,3-15H2,1-2H3,(H,40,46)(H,41,47)(H,42,48)/t16-,17+,18+,19+,24+,25+,26+,27+,28+,29-,30-,31-,32-,33-,34-,35-,36+,37-,38-,39+/m0/s1. The normalized spacial score (nSPS) is 38.6. The summed E-state index contributed by atoms with van der Waals surface area (Å²) in [4.78, 5) is 51.9. The van der Waals surface area contributed by atoms with Gasteiger partial charge in [0.25, 0.3) is 0 Å². The Hall–Kier alpha value is -2.96. The molecule has 4 fully saturated rings. The van der Waals surface area contributed by atoms with E-state index in [1.54, 1.807) is 0 Å². The van der Waals surface area contributed by atoms with Crippen molar-refractivity contribution in [3.05, 3.63) is 0 Å². The summed E-state index contributed by atoms with van der Waals surface area (Å²) in [6, 6.07) is 0. The highest BCUT2D eigenvalue weighted by Crippen LogP contribution is 2.31. The number of nitrogens with one attached hydrogen (secondary N) is 3. The monoisotopic (exact) mass is 992 g/mol. The van der Waals surface area contributed by atoms with Crippen LogP contribution in [-0.2, 0) is 57.1 Å². The lowest BCUT2D eigenvalue weighted by Crippen LogP contribution is -2.65. The van der Waals surface area contributed by atoms with E-state index in [1.807, 2.05) is 0 Å². The van der Waals surface area contributed by atoms with Crippen molar-refractivity contribution >= 4 is 23.6 Å². The molecule has 0 aromatic heterocycles. The van der Waals surface area contributed by atoms with E-state index in [0.29, 0.717) is 6.42 Å². The molecule has 0 radical (unpaired) electrons. The summed E-state index contributed by atoms with van der Waals surface area (Å²) >= 11 is 0. The molecule has 4 aliphatic rings. The first-order valence-electron chi connectivity index (χ1n) is 22.1. The molecule has 0 saturated carbocycles. The molecule has 0 aliphatic carbocycles. The minimum Gasteiger partial charge on any atom is -0.394 e. The van der Waals surface area contributed by atoms with Gasteiger partial charge in [-0.2, -0.15) is 0 Å². The lowest BCUT2D eigenvalue weighted by molar-refractivity contribution is -0.366. The summed E-state index contributed by atoms with van der Waals surface area (Å²) in [5.41, 5.74) is 0. The fraction of sp³-hybridized carbons (Fsp3) is 0.897. The van der Waals surface area contributed by atoms with Crippen LogP contribution >= 0.6 is 0 Å². The number of unbranched alkanes of at least 4 members (excludes halogenated alkanes) is 1. The predicted molar refractivity (Wildman–Crippen MR) is 218 cm³/mol.